The van der Waals surface area contributed by atoms with E-state index in [-0.39, 0.29) is 25.1 Å². The topological polar surface area (TPSA) is 128 Å². The number of sulfone groups is 1. The van der Waals surface area contributed by atoms with E-state index in [2.05, 4.69) is 23.6 Å². The van der Waals surface area contributed by atoms with Crippen molar-refractivity contribution >= 4 is 21.7 Å². The Hall–Kier alpha value is -3.67. The highest BCUT2D eigenvalue weighted by molar-refractivity contribution is 7.92. The molecule has 0 heterocycles. The number of esters is 1. The number of ether oxygens (including phenoxy) is 1. The number of halogens is 2. The van der Waals surface area contributed by atoms with E-state index in [0.29, 0.717) is 37.8 Å². The molecule has 3 rings (SSSR count). The van der Waals surface area contributed by atoms with Crippen LogP contribution in [0.4, 0.5) is 8.78 Å². The predicted molar refractivity (Wildman–Crippen MR) is 185 cm³/mol. The lowest BCUT2D eigenvalue weighted by molar-refractivity contribution is -0.154. The molecule has 262 valence electrons. The fraction of sp³-hybridized carbons (Fsp3) is 0.459. The summed E-state index contributed by atoms with van der Waals surface area (Å²) in [5.41, 5.74) is 9.34. The highest BCUT2D eigenvalue weighted by atomic mass is 32.2. The van der Waals surface area contributed by atoms with E-state index >= 15 is 0 Å². The number of aryl methyl sites for hydroxylation is 1. The number of benzene rings is 3. The first-order chi connectivity index (χ1) is 22.9. The molecule has 0 saturated carbocycles. The summed E-state index contributed by atoms with van der Waals surface area (Å²) >= 11 is 0. The van der Waals surface area contributed by atoms with Crippen LogP contribution in [0.25, 0.3) is 0 Å². The van der Waals surface area contributed by atoms with Crippen LogP contribution in [0.2, 0.25) is 0 Å². The van der Waals surface area contributed by atoms with E-state index in [4.69, 9.17) is 10.5 Å². The number of carbonyl (C=O) groups is 2. The van der Waals surface area contributed by atoms with E-state index < -0.39 is 62.4 Å². The lowest BCUT2D eigenvalue weighted by Crippen LogP contribution is -2.48. The van der Waals surface area contributed by atoms with E-state index in [1.165, 1.54) is 12.1 Å². The van der Waals surface area contributed by atoms with Crippen molar-refractivity contribution < 1.29 is 31.5 Å². The van der Waals surface area contributed by atoms with Gasteiger partial charge in [-0.2, -0.15) is 0 Å². The van der Waals surface area contributed by atoms with Gasteiger partial charge in [0.05, 0.1) is 16.9 Å². The lowest BCUT2D eigenvalue weighted by Gasteiger charge is -2.28. The maximum Gasteiger partial charge on any atom is 0.312 e. The highest BCUT2D eigenvalue weighted by Gasteiger charge is 2.34. The van der Waals surface area contributed by atoms with Gasteiger partial charge in [-0.1, -0.05) is 76.1 Å². The third kappa shape index (κ3) is 12.4. The van der Waals surface area contributed by atoms with Crippen molar-refractivity contribution in [3.8, 4) is 0 Å². The SMILES string of the molecule is CCCC(CCC)S(=O)(=O)C[C@@H](CNC(=O)c1ccccc1)C(=O)OC(CNCc1cccc(CC)c1)C(N)Cc1cc(F)cc(F)c1. The summed E-state index contributed by atoms with van der Waals surface area (Å²) in [7, 11) is -3.76. The minimum absolute atomic E-state index is 0.0115. The second-order valence-electron chi connectivity index (χ2n) is 12.2. The second kappa shape index (κ2) is 19.4. The normalized spacial score (nSPS) is 13.6. The van der Waals surface area contributed by atoms with Crippen molar-refractivity contribution in [3.63, 3.8) is 0 Å². The summed E-state index contributed by atoms with van der Waals surface area (Å²) in [6, 6.07) is 18.6. The first kappa shape index (κ1) is 38.8. The zero-order valence-corrected chi connectivity index (χ0v) is 28.9. The minimum atomic E-state index is -3.76. The summed E-state index contributed by atoms with van der Waals surface area (Å²) in [5.74, 6) is -4.54. The van der Waals surface area contributed by atoms with Crippen molar-refractivity contribution in [2.24, 2.45) is 11.7 Å². The van der Waals surface area contributed by atoms with Crippen LogP contribution in [-0.4, -0.2) is 56.5 Å². The van der Waals surface area contributed by atoms with Gasteiger partial charge in [0.25, 0.3) is 5.91 Å². The summed E-state index contributed by atoms with van der Waals surface area (Å²) < 4.78 is 61.1. The molecule has 3 atom stereocenters. The quantitative estimate of drug-likeness (QED) is 0.134. The van der Waals surface area contributed by atoms with Gasteiger partial charge in [0.15, 0.2) is 9.84 Å². The summed E-state index contributed by atoms with van der Waals surface area (Å²) in [5, 5.41) is 5.34. The van der Waals surface area contributed by atoms with Crippen LogP contribution in [0, 0.1) is 17.6 Å². The van der Waals surface area contributed by atoms with Crippen LogP contribution < -0.4 is 16.4 Å². The largest absolute Gasteiger partial charge is 0.459 e. The average Bonchev–Trinajstić information content (AvgIpc) is 3.05. The molecule has 11 heteroatoms. The number of carbonyl (C=O) groups excluding carboxylic acids is 2. The molecular formula is C37H49F2N3O5S. The Bertz CT molecular complexity index is 1550. The van der Waals surface area contributed by atoms with Crippen molar-refractivity contribution in [1.82, 2.24) is 10.6 Å². The molecule has 0 aliphatic heterocycles. The molecule has 8 nitrogen and oxygen atoms in total. The first-order valence-corrected chi connectivity index (χ1v) is 18.4. The molecule has 0 saturated heterocycles. The van der Waals surface area contributed by atoms with Crippen molar-refractivity contribution in [3.05, 3.63) is 107 Å². The third-order valence-corrected chi connectivity index (χ3v) is 10.6. The van der Waals surface area contributed by atoms with E-state index in [1.807, 2.05) is 32.0 Å². The Kier molecular flexibility index (Phi) is 15.6. The Morgan fingerprint density at radius 3 is 2.10 bits per heavy atom. The minimum Gasteiger partial charge on any atom is -0.459 e. The summed E-state index contributed by atoms with van der Waals surface area (Å²) in [6.07, 6.45) is 2.09. The van der Waals surface area contributed by atoms with Gasteiger partial charge in [0.2, 0.25) is 0 Å². The Labute approximate surface area is 283 Å². The van der Waals surface area contributed by atoms with Crippen LogP contribution >= 0.6 is 0 Å². The fourth-order valence-corrected chi connectivity index (χ4v) is 7.93. The van der Waals surface area contributed by atoms with E-state index in [1.54, 1.807) is 30.3 Å². The van der Waals surface area contributed by atoms with Gasteiger partial charge >= 0.3 is 5.97 Å². The number of nitrogens with one attached hydrogen (secondary N) is 2. The fourth-order valence-electron chi connectivity index (χ4n) is 5.66. The smallest absolute Gasteiger partial charge is 0.312 e. The molecule has 0 bridgehead atoms. The lowest BCUT2D eigenvalue weighted by atomic mass is 10.0. The van der Waals surface area contributed by atoms with Gasteiger partial charge in [-0.25, -0.2) is 17.2 Å². The molecule has 48 heavy (non-hydrogen) atoms. The molecular weight excluding hydrogens is 636 g/mol. The molecule has 0 radical (unpaired) electrons. The van der Waals surface area contributed by atoms with Crippen LogP contribution in [0.5, 0.6) is 0 Å². The molecule has 3 aromatic carbocycles. The molecule has 1 amide bonds. The zero-order chi connectivity index (χ0) is 35.1. The van der Waals surface area contributed by atoms with Gasteiger partial charge in [0.1, 0.15) is 17.7 Å². The van der Waals surface area contributed by atoms with Crippen LogP contribution in [0.15, 0.2) is 72.8 Å². The van der Waals surface area contributed by atoms with Crippen LogP contribution in [0.3, 0.4) is 0 Å². The molecule has 0 aliphatic carbocycles. The summed E-state index contributed by atoms with van der Waals surface area (Å²) in [6.45, 7) is 6.12. The Morgan fingerprint density at radius 2 is 1.48 bits per heavy atom. The number of hydrogen-bond donors (Lipinski definition) is 3. The van der Waals surface area contributed by atoms with Gasteiger partial charge in [-0.3, -0.25) is 9.59 Å². The molecule has 3 aromatic rings. The third-order valence-electron chi connectivity index (χ3n) is 8.25. The van der Waals surface area contributed by atoms with E-state index in [9.17, 15) is 26.8 Å². The van der Waals surface area contributed by atoms with Crippen molar-refractivity contribution in [2.75, 3.05) is 18.8 Å². The van der Waals surface area contributed by atoms with E-state index in [0.717, 1.165) is 23.6 Å². The standard InChI is InChI=1S/C37H49F2N3O5S/c1-4-11-33(12-5-2)48(45,46)25-30(23-42-36(43)29-15-8-7-9-16-29)37(44)47-35(24-41-22-27-14-10-13-26(6-3)17-27)34(40)20-28-18-31(38)21-32(39)19-28/h7-10,13-19,21,30,33-35,41H,4-6,11-12,20,22-25,40H2,1-3H3,(H,42,43)/t30-,34?,35?/m1/s1. The van der Waals surface area contributed by atoms with Gasteiger partial charge in [-0.05, 0) is 66.6 Å². The van der Waals surface area contributed by atoms with Crippen molar-refractivity contribution in [2.45, 2.75) is 83.2 Å². The number of hydrogen-bond acceptors (Lipinski definition) is 7. The van der Waals surface area contributed by atoms with Crippen molar-refractivity contribution in [1.29, 1.82) is 0 Å². The average molecular weight is 686 g/mol. The highest BCUT2D eigenvalue weighted by Crippen LogP contribution is 2.20. The van der Waals surface area contributed by atoms with Gasteiger partial charge < -0.3 is 21.1 Å². The first-order valence-electron chi connectivity index (χ1n) is 16.7. The molecule has 0 fully saturated rings. The molecule has 2 unspecified atom stereocenters. The predicted octanol–water partition coefficient (Wildman–Crippen LogP) is 5.53. The second-order valence-corrected chi connectivity index (χ2v) is 14.6. The van der Waals surface area contributed by atoms with Crippen LogP contribution in [0.1, 0.15) is 73.5 Å². The number of amides is 1. The molecule has 0 aromatic heterocycles. The summed E-state index contributed by atoms with van der Waals surface area (Å²) in [4.78, 5) is 26.7. The van der Waals surface area contributed by atoms with Gasteiger partial charge in [0, 0.05) is 37.3 Å². The Morgan fingerprint density at radius 1 is 0.833 bits per heavy atom. The number of rotatable bonds is 20. The monoisotopic (exact) mass is 685 g/mol. The Balaban J connectivity index is 1.86. The number of nitrogens with two attached hydrogens (primary N) is 1. The molecule has 4 N–H and O–H groups in total. The molecule has 0 aliphatic rings. The zero-order valence-electron chi connectivity index (χ0n) is 28.1. The maximum absolute atomic E-state index is 14.0. The van der Waals surface area contributed by atoms with Gasteiger partial charge in [-0.15, -0.1) is 0 Å². The maximum atomic E-state index is 14.0. The van der Waals surface area contributed by atoms with Crippen LogP contribution in [-0.2, 0) is 38.8 Å². The molecule has 0 spiro atoms.